The number of alkyl halides is 1. The molecule has 1 heterocycles. The number of rotatable bonds is 2. The molecular weight excluding hydrogens is 348 g/mol. The van der Waals surface area contributed by atoms with Gasteiger partial charge >= 0.3 is 0 Å². The average molecular weight is 359 g/mol. The predicted molar refractivity (Wildman–Crippen MR) is 90.0 cm³/mol. The number of hydrogen-bond donors (Lipinski definition) is 2. The van der Waals surface area contributed by atoms with Gasteiger partial charge in [-0.3, -0.25) is 4.79 Å². The highest BCUT2D eigenvalue weighted by atomic mass is 79.9. The maximum Gasteiger partial charge on any atom is 0.260 e. The number of nitrogens with zero attached hydrogens (tertiary/aromatic N) is 3. The highest BCUT2D eigenvalue weighted by Crippen LogP contribution is 2.25. The largest absolute Gasteiger partial charge is 0.507 e. The van der Waals surface area contributed by atoms with Gasteiger partial charge in [-0.05, 0) is 16.8 Å². The summed E-state index contributed by atoms with van der Waals surface area (Å²) in [7, 11) is 0. The van der Waals surface area contributed by atoms with Gasteiger partial charge in [-0.15, -0.1) is 0 Å². The summed E-state index contributed by atoms with van der Waals surface area (Å²) in [6, 6.07) is 11.1. The van der Waals surface area contributed by atoms with E-state index in [1.165, 1.54) is 12.4 Å². The molecule has 110 valence electrons. The van der Waals surface area contributed by atoms with Gasteiger partial charge in [0.1, 0.15) is 16.3 Å². The van der Waals surface area contributed by atoms with E-state index in [9.17, 15) is 9.90 Å². The first-order valence-electron chi connectivity index (χ1n) is 6.45. The fourth-order valence-electron chi connectivity index (χ4n) is 2.07. The van der Waals surface area contributed by atoms with Gasteiger partial charge in [0.2, 0.25) is 0 Å². The van der Waals surface area contributed by atoms with E-state index in [-0.39, 0.29) is 11.7 Å². The smallest absolute Gasteiger partial charge is 0.260 e. The predicted octanol–water partition coefficient (Wildman–Crippen LogP) is 2.20. The normalized spacial score (nSPS) is 20.0. The first-order valence-corrected chi connectivity index (χ1v) is 7.37. The van der Waals surface area contributed by atoms with Crippen molar-refractivity contribution in [2.75, 3.05) is 0 Å². The standard InChI is InChI=1S/C15H11BrN4O2/c16-14-12(8-18-20-15(14)22)19-17-7-11-10-4-2-1-3-9(10)5-6-13(11)21/h1-8,14,21H,(H,20,22)/b17-7-,19-12-. The Morgan fingerprint density at radius 2 is 2.09 bits per heavy atom. The number of phenolic OH excluding ortho intramolecular Hbond substituents is 1. The van der Waals surface area contributed by atoms with E-state index in [0.717, 1.165) is 10.8 Å². The molecule has 2 aromatic rings. The third kappa shape index (κ3) is 2.75. The number of amides is 1. The Labute approximate surface area is 134 Å². The zero-order valence-corrected chi connectivity index (χ0v) is 12.9. The van der Waals surface area contributed by atoms with Crippen LogP contribution in [0.2, 0.25) is 0 Å². The SMILES string of the molecule is O=C1NN=C/C(=N/N=C\c2c(O)ccc3ccccc23)C1Br. The van der Waals surface area contributed by atoms with Crippen molar-refractivity contribution in [1.29, 1.82) is 0 Å². The lowest BCUT2D eigenvalue weighted by Gasteiger charge is -2.11. The summed E-state index contributed by atoms with van der Waals surface area (Å²) in [4.78, 5) is 10.8. The van der Waals surface area contributed by atoms with Gasteiger partial charge in [-0.2, -0.15) is 15.3 Å². The van der Waals surface area contributed by atoms with Crippen LogP contribution in [-0.2, 0) is 4.79 Å². The number of aromatic hydroxyl groups is 1. The van der Waals surface area contributed by atoms with Gasteiger partial charge in [-0.25, -0.2) is 5.43 Å². The Balaban J connectivity index is 1.96. The van der Waals surface area contributed by atoms with Crippen molar-refractivity contribution in [1.82, 2.24) is 5.43 Å². The van der Waals surface area contributed by atoms with E-state index in [0.29, 0.717) is 11.3 Å². The van der Waals surface area contributed by atoms with Crippen LogP contribution in [-0.4, -0.2) is 34.0 Å². The summed E-state index contributed by atoms with van der Waals surface area (Å²) in [5, 5.41) is 23.5. The van der Waals surface area contributed by atoms with E-state index >= 15 is 0 Å². The fourth-order valence-corrected chi connectivity index (χ4v) is 2.38. The van der Waals surface area contributed by atoms with Crippen LogP contribution in [0, 0.1) is 0 Å². The molecule has 3 rings (SSSR count). The second kappa shape index (κ2) is 6.07. The molecule has 0 spiro atoms. The molecule has 2 aromatic carbocycles. The van der Waals surface area contributed by atoms with Crippen molar-refractivity contribution in [2.24, 2.45) is 15.3 Å². The maximum absolute atomic E-state index is 11.4. The second-order valence-corrected chi connectivity index (χ2v) is 5.50. The number of halogens is 1. The molecule has 0 aliphatic carbocycles. The van der Waals surface area contributed by atoms with Crippen molar-refractivity contribution in [3.63, 3.8) is 0 Å². The Morgan fingerprint density at radius 1 is 1.27 bits per heavy atom. The molecule has 0 radical (unpaired) electrons. The van der Waals surface area contributed by atoms with Crippen LogP contribution < -0.4 is 5.43 Å². The minimum Gasteiger partial charge on any atom is -0.507 e. The molecule has 1 amide bonds. The number of phenols is 1. The molecule has 1 unspecified atom stereocenters. The zero-order valence-electron chi connectivity index (χ0n) is 11.3. The number of hydrazone groups is 1. The van der Waals surface area contributed by atoms with Crippen molar-refractivity contribution in [3.05, 3.63) is 42.0 Å². The molecule has 1 atom stereocenters. The van der Waals surface area contributed by atoms with Crippen LogP contribution in [0.15, 0.2) is 51.7 Å². The van der Waals surface area contributed by atoms with Crippen LogP contribution in [0.4, 0.5) is 0 Å². The molecule has 6 nitrogen and oxygen atoms in total. The van der Waals surface area contributed by atoms with Crippen molar-refractivity contribution >= 4 is 50.8 Å². The number of benzene rings is 2. The lowest BCUT2D eigenvalue weighted by atomic mass is 10.0. The molecule has 1 aliphatic heterocycles. The van der Waals surface area contributed by atoms with E-state index in [1.807, 2.05) is 30.3 Å². The minimum atomic E-state index is -0.594. The number of nitrogens with one attached hydrogen (secondary N) is 1. The summed E-state index contributed by atoms with van der Waals surface area (Å²) < 4.78 is 0. The van der Waals surface area contributed by atoms with Crippen molar-refractivity contribution in [3.8, 4) is 5.75 Å². The Bertz CT molecular complexity index is 829. The summed E-state index contributed by atoms with van der Waals surface area (Å²) >= 11 is 3.20. The number of carbonyl (C=O) groups excluding carboxylic acids is 1. The molecule has 0 saturated carbocycles. The number of fused-ring (bicyclic) bond motifs is 1. The first-order chi connectivity index (χ1) is 10.7. The molecule has 1 aliphatic rings. The molecule has 22 heavy (non-hydrogen) atoms. The van der Waals surface area contributed by atoms with Crippen LogP contribution in [0.25, 0.3) is 10.8 Å². The summed E-state index contributed by atoms with van der Waals surface area (Å²) in [6.45, 7) is 0. The van der Waals surface area contributed by atoms with Gasteiger partial charge in [0.15, 0.2) is 0 Å². The highest BCUT2D eigenvalue weighted by Gasteiger charge is 2.23. The van der Waals surface area contributed by atoms with Crippen LogP contribution in [0.3, 0.4) is 0 Å². The summed E-state index contributed by atoms with van der Waals surface area (Å²) in [5.41, 5.74) is 3.28. The average Bonchev–Trinajstić information content (AvgIpc) is 2.53. The lowest BCUT2D eigenvalue weighted by Crippen LogP contribution is -2.38. The van der Waals surface area contributed by atoms with Gasteiger partial charge in [0, 0.05) is 5.56 Å². The van der Waals surface area contributed by atoms with E-state index in [4.69, 9.17) is 0 Å². The monoisotopic (exact) mass is 358 g/mol. The number of hydrogen-bond acceptors (Lipinski definition) is 5. The van der Waals surface area contributed by atoms with Gasteiger partial charge < -0.3 is 5.11 Å². The third-order valence-corrected chi connectivity index (χ3v) is 4.05. The minimum absolute atomic E-state index is 0.119. The number of carbonyl (C=O) groups is 1. The van der Waals surface area contributed by atoms with Crippen LogP contribution >= 0.6 is 15.9 Å². The fraction of sp³-hybridized carbons (Fsp3) is 0.0667. The molecule has 2 N–H and O–H groups in total. The molecule has 0 fully saturated rings. The van der Waals surface area contributed by atoms with Gasteiger partial charge in [0.05, 0.1) is 12.4 Å². The zero-order chi connectivity index (χ0) is 15.5. The van der Waals surface area contributed by atoms with E-state index in [1.54, 1.807) is 6.07 Å². The summed E-state index contributed by atoms with van der Waals surface area (Å²) in [5.74, 6) is -0.183. The lowest BCUT2D eigenvalue weighted by molar-refractivity contribution is -0.119. The van der Waals surface area contributed by atoms with E-state index in [2.05, 4.69) is 36.7 Å². The summed E-state index contributed by atoms with van der Waals surface area (Å²) in [6.07, 6.45) is 2.88. The van der Waals surface area contributed by atoms with Gasteiger partial charge in [0.25, 0.3) is 5.91 Å². The molecule has 0 aromatic heterocycles. The highest BCUT2D eigenvalue weighted by molar-refractivity contribution is 9.10. The quantitative estimate of drug-likeness (QED) is 0.489. The van der Waals surface area contributed by atoms with Crippen LogP contribution in [0.5, 0.6) is 5.75 Å². The molecule has 0 bridgehead atoms. The first kappa shape index (κ1) is 14.4. The topological polar surface area (TPSA) is 86.4 Å². The Kier molecular flexibility index (Phi) is 3.97. The molecule has 0 saturated heterocycles. The molecule has 7 heteroatoms. The van der Waals surface area contributed by atoms with Crippen molar-refractivity contribution < 1.29 is 9.90 Å². The Hall–Kier alpha value is -2.54. The third-order valence-electron chi connectivity index (χ3n) is 3.17. The van der Waals surface area contributed by atoms with Crippen LogP contribution in [0.1, 0.15) is 5.56 Å². The maximum atomic E-state index is 11.4. The van der Waals surface area contributed by atoms with Gasteiger partial charge in [-0.1, -0.05) is 46.3 Å². The second-order valence-electron chi connectivity index (χ2n) is 4.59. The van der Waals surface area contributed by atoms with Crippen molar-refractivity contribution in [2.45, 2.75) is 4.83 Å². The molecular formula is C15H11BrN4O2. The Morgan fingerprint density at radius 3 is 2.95 bits per heavy atom. The van der Waals surface area contributed by atoms with E-state index < -0.39 is 4.83 Å².